The quantitative estimate of drug-likeness (QED) is 0.763. The summed E-state index contributed by atoms with van der Waals surface area (Å²) in [5.41, 5.74) is 1.31. The number of rotatable bonds is 1. The number of aromatic nitrogens is 3. The molecule has 0 bridgehead atoms. The second kappa shape index (κ2) is 5.77. The van der Waals surface area contributed by atoms with E-state index < -0.39 is 0 Å². The zero-order valence-electron chi connectivity index (χ0n) is 11.4. The topological polar surface area (TPSA) is 71.2 Å². The summed E-state index contributed by atoms with van der Waals surface area (Å²) in [4.78, 5) is 14.3. The van der Waals surface area contributed by atoms with E-state index in [1.807, 2.05) is 10.6 Å². The first-order chi connectivity index (χ1) is 10.3. The van der Waals surface area contributed by atoms with E-state index >= 15 is 0 Å². The first kappa shape index (κ1) is 13.3. The van der Waals surface area contributed by atoms with Crippen LogP contribution in [0.1, 0.15) is 21.7 Å². The maximum Gasteiger partial charge on any atom is 0.254 e. The van der Waals surface area contributed by atoms with Crippen molar-refractivity contribution >= 4 is 5.91 Å². The van der Waals surface area contributed by atoms with Crippen LogP contribution in [0.5, 0.6) is 0 Å². The van der Waals surface area contributed by atoms with E-state index in [1.165, 1.54) is 0 Å². The third kappa shape index (κ3) is 2.78. The molecule has 2 heterocycles. The second-order valence-corrected chi connectivity index (χ2v) is 4.71. The molecule has 0 fully saturated rings. The highest BCUT2D eigenvalue weighted by molar-refractivity contribution is 5.94. The molecule has 0 radical (unpaired) electrons. The Bertz CT molecular complexity index is 727. The van der Waals surface area contributed by atoms with Crippen LogP contribution in [0.15, 0.2) is 30.6 Å². The Morgan fingerprint density at radius 1 is 1.38 bits per heavy atom. The summed E-state index contributed by atoms with van der Waals surface area (Å²) in [6.07, 6.45) is 1.68. The molecule has 1 amide bonds. The number of benzene rings is 1. The Labute approximate surface area is 122 Å². The van der Waals surface area contributed by atoms with E-state index in [0.29, 0.717) is 25.2 Å². The number of fused-ring (bicyclic) bond motifs is 1. The number of aliphatic hydroxyl groups is 1. The normalized spacial score (nSPS) is 13.3. The van der Waals surface area contributed by atoms with Crippen LogP contribution in [-0.2, 0) is 13.1 Å². The van der Waals surface area contributed by atoms with Gasteiger partial charge in [0.1, 0.15) is 12.9 Å². The lowest BCUT2D eigenvalue weighted by atomic mass is 10.1. The van der Waals surface area contributed by atoms with Gasteiger partial charge in [-0.15, -0.1) is 10.2 Å². The minimum absolute atomic E-state index is 0.0445. The number of hydrogen-bond acceptors (Lipinski definition) is 4. The highest BCUT2D eigenvalue weighted by Gasteiger charge is 2.22. The van der Waals surface area contributed by atoms with Gasteiger partial charge in [-0.05, 0) is 18.2 Å². The molecule has 1 aromatic heterocycles. The van der Waals surface area contributed by atoms with Crippen molar-refractivity contribution < 1.29 is 9.90 Å². The molecule has 0 aliphatic carbocycles. The summed E-state index contributed by atoms with van der Waals surface area (Å²) in [5, 5.41) is 16.6. The molecule has 0 saturated heterocycles. The molecule has 6 heteroatoms. The number of nitrogens with zero attached hydrogens (tertiary/aromatic N) is 4. The average Bonchev–Trinajstić information content (AvgIpc) is 3.00. The lowest BCUT2D eigenvalue weighted by Crippen LogP contribution is -2.38. The lowest BCUT2D eigenvalue weighted by Gasteiger charge is -2.27. The van der Waals surface area contributed by atoms with Gasteiger partial charge in [0.2, 0.25) is 0 Å². The van der Waals surface area contributed by atoms with E-state index in [-0.39, 0.29) is 12.5 Å². The molecule has 1 N–H and O–H groups in total. The van der Waals surface area contributed by atoms with Crippen LogP contribution in [-0.4, -0.2) is 43.8 Å². The van der Waals surface area contributed by atoms with Gasteiger partial charge in [-0.1, -0.05) is 17.9 Å². The largest absolute Gasteiger partial charge is 0.384 e. The van der Waals surface area contributed by atoms with Crippen LogP contribution >= 0.6 is 0 Å². The SMILES string of the molecule is O=C(c1cccc(C#CCO)c1)N1CCn2cnnc2C1. The Morgan fingerprint density at radius 3 is 3.14 bits per heavy atom. The van der Waals surface area contributed by atoms with Crippen LogP contribution in [0, 0.1) is 11.8 Å². The molecule has 0 atom stereocenters. The van der Waals surface area contributed by atoms with Crippen molar-refractivity contribution in [2.45, 2.75) is 13.1 Å². The lowest BCUT2D eigenvalue weighted by molar-refractivity contribution is 0.0707. The molecule has 0 spiro atoms. The van der Waals surface area contributed by atoms with Crippen LogP contribution in [0.4, 0.5) is 0 Å². The van der Waals surface area contributed by atoms with Gasteiger partial charge in [0, 0.05) is 24.2 Å². The molecular formula is C15H14N4O2. The summed E-state index contributed by atoms with van der Waals surface area (Å²) in [7, 11) is 0. The van der Waals surface area contributed by atoms with Gasteiger partial charge in [0.05, 0.1) is 6.54 Å². The number of carbonyl (C=O) groups excluding carboxylic acids is 1. The van der Waals surface area contributed by atoms with E-state index in [9.17, 15) is 4.79 Å². The molecule has 1 aromatic carbocycles. The van der Waals surface area contributed by atoms with Crippen LogP contribution in [0.2, 0.25) is 0 Å². The number of carbonyl (C=O) groups is 1. The highest BCUT2D eigenvalue weighted by Crippen LogP contribution is 2.14. The third-order valence-corrected chi connectivity index (χ3v) is 3.35. The van der Waals surface area contributed by atoms with Gasteiger partial charge in [0.15, 0.2) is 5.82 Å². The van der Waals surface area contributed by atoms with Crippen molar-refractivity contribution in [2.75, 3.05) is 13.2 Å². The van der Waals surface area contributed by atoms with Gasteiger partial charge < -0.3 is 14.6 Å². The first-order valence-electron chi connectivity index (χ1n) is 6.63. The Balaban J connectivity index is 1.80. The fourth-order valence-electron chi connectivity index (χ4n) is 2.29. The Hall–Kier alpha value is -2.65. The highest BCUT2D eigenvalue weighted by atomic mass is 16.2. The first-order valence-corrected chi connectivity index (χ1v) is 6.63. The molecule has 3 rings (SSSR count). The van der Waals surface area contributed by atoms with Gasteiger partial charge >= 0.3 is 0 Å². The fraction of sp³-hybridized carbons (Fsp3) is 0.267. The zero-order valence-corrected chi connectivity index (χ0v) is 11.4. The summed E-state index contributed by atoms with van der Waals surface area (Å²) in [6, 6.07) is 7.11. The minimum atomic E-state index is -0.194. The van der Waals surface area contributed by atoms with Gasteiger partial charge in [-0.25, -0.2) is 0 Å². The smallest absolute Gasteiger partial charge is 0.254 e. The van der Waals surface area contributed by atoms with E-state index in [0.717, 1.165) is 11.4 Å². The average molecular weight is 282 g/mol. The van der Waals surface area contributed by atoms with Crippen molar-refractivity contribution in [3.05, 3.63) is 47.5 Å². The Morgan fingerprint density at radius 2 is 2.29 bits per heavy atom. The molecule has 6 nitrogen and oxygen atoms in total. The molecule has 1 aliphatic rings. The molecule has 21 heavy (non-hydrogen) atoms. The van der Waals surface area contributed by atoms with Gasteiger partial charge in [-0.3, -0.25) is 4.79 Å². The van der Waals surface area contributed by atoms with Crippen LogP contribution in [0.3, 0.4) is 0 Å². The summed E-state index contributed by atoms with van der Waals surface area (Å²) < 4.78 is 1.95. The van der Waals surface area contributed by atoms with Gasteiger partial charge in [-0.2, -0.15) is 0 Å². The van der Waals surface area contributed by atoms with E-state index in [2.05, 4.69) is 22.0 Å². The molecule has 0 saturated carbocycles. The maximum atomic E-state index is 12.5. The number of amides is 1. The van der Waals surface area contributed by atoms with Crippen molar-refractivity contribution in [1.29, 1.82) is 0 Å². The second-order valence-electron chi connectivity index (χ2n) is 4.71. The van der Waals surface area contributed by atoms with Crippen molar-refractivity contribution in [2.24, 2.45) is 0 Å². The van der Waals surface area contributed by atoms with Crippen LogP contribution in [0.25, 0.3) is 0 Å². The summed E-state index contributed by atoms with van der Waals surface area (Å²) in [5.74, 6) is 6.14. The summed E-state index contributed by atoms with van der Waals surface area (Å²) >= 11 is 0. The molecule has 0 unspecified atom stereocenters. The predicted octanol–water partition coefficient (Wildman–Crippen LogP) is 0.278. The number of aliphatic hydroxyl groups excluding tert-OH is 1. The summed E-state index contributed by atoms with van der Waals surface area (Å²) in [6.45, 7) is 1.61. The zero-order chi connectivity index (χ0) is 14.7. The molecule has 2 aromatic rings. The van der Waals surface area contributed by atoms with E-state index in [4.69, 9.17) is 5.11 Å². The fourth-order valence-corrected chi connectivity index (χ4v) is 2.29. The monoisotopic (exact) mass is 282 g/mol. The Kier molecular flexibility index (Phi) is 3.67. The minimum Gasteiger partial charge on any atom is -0.384 e. The molecular weight excluding hydrogens is 268 g/mol. The number of hydrogen-bond donors (Lipinski definition) is 1. The van der Waals surface area contributed by atoms with Crippen LogP contribution < -0.4 is 0 Å². The maximum absolute atomic E-state index is 12.5. The van der Waals surface area contributed by atoms with Crippen molar-refractivity contribution in [3.63, 3.8) is 0 Å². The predicted molar refractivity (Wildman–Crippen MR) is 75.2 cm³/mol. The molecule has 106 valence electrons. The molecule has 1 aliphatic heterocycles. The third-order valence-electron chi connectivity index (χ3n) is 3.35. The standard InChI is InChI=1S/C15H14N4O2/c20-8-2-4-12-3-1-5-13(9-12)15(21)18-6-7-19-11-16-17-14(19)10-18/h1,3,5,9,11,20H,6-8,10H2. The van der Waals surface area contributed by atoms with Gasteiger partial charge in [0.25, 0.3) is 5.91 Å². The van der Waals surface area contributed by atoms with E-state index in [1.54, 1.807) is 29.4 Å². The van der Waals surface area contributed by atoms with Crippen molar-refractivity contribution in [1.82, 2.24) is 19.7 Å². The van der Waals surface area contributed by atoms with Crippen molar-refractivity contribution in [3.8, 4) is 11.8 Å².